The van der Waals surface area contributed by atoms with Crippen LogP contribution in [-0.2, 0) is 0 Å². The molecular weight excluding hydrogens is 446 g/mol. The highest BCUT2D eigenvalue weighted by atomic mass is 16.5. The Labute approximate surface area is 219 Å². The maximum absolute atomic E-state index is 14.1. The molecule has 0 spiro atoms. The van der Waals surface area contributed by atoms with E-state index in [1.54, 1.807) is 7.11 Å². The summed E-state index contributed by atoms with van der Waals surface area (Å²) in [6, 6.07) is 11.6. The second-order valence-corrected chi connectivity index (χ2v) is 12.6. The van der Waals surface area contributed by atoms with Gasteiger partial charge in [-0.05, 0) is 62.1 Å². The van der Waals surface area contributed by atoms with Gasteiger partial charge in [-0.3, -0.25) is 9.59 Å². The van der Waals surface area contributed by atoms with Gasteiger partial charge in [0.25, 0.3) is 5.91 Å². The number of nitrogens with zero attached hydrogens (tertiary/aromatic N) is 1. The van der Waals surface area contributed by atoms with Crippen molar-refractivity contribution in [2.45, 2.75) is 88.1 Å². The van der Waals surface area contributed by atoms with Crippen LogP contribution in [0.2, 0.25) is 0 Å². The van der Waals surface area contributed by atoms with Gasteiger partial charge in [-0.25, -0.2) is 0 Å². The maximum atomic E-state index is 14.1. The summed E-state index contributed by atoms with van der Waals surface area (Å²) in [4.78, 5) is 29.4. The quantitative estimate of drug-likeness (QED) is 0.335. The predicted molar refractivity (Wildman–Crippen MR) is 150 cm³/mol. The van der Waals surface area contributed by atoms with Crippen LogP contribution in [0.1, 0.15) is 98.7 Å². The van der Waals surface area contributed by atoms with Crippen LogP contribution in [0, 0.1) is 37.5 Å². The molecule has 0 heterocycles. The molecule has 1 amide bonds. The topological polar surface area (TPSA) is 46.6 Å². The van der Waals surface area contributed by atoms with Gasteiger partial charge in [0.05, 0.1) is 7.11 Å². The van der Waals surface area contributed by atoms with Gasteiger partial charge < -0.3 is 9.64 Å². The Morgan fingerprint density at radius 1 is 0.917 bits per heavy atom. The molecule has 0 aliphatic heterocycles. The molecule has 4 nitrogen and oxygen atoms in total. The molecule has 2 aromatic carbocycles. The second-order valence-electron chi connectivity index (χ2n) is 12.6. The van der Waals surface area contributed by atoms with Gasteiger partial charge in [0.15, 0.2) is 5.78 Å². The largest absolute Gasteiger partial charge is 0.496 e. The predicted octanol–water partition coefficient (Wildman–Crippen LogP) is 7.82. The Hall–Kier alpha value is -2.62. The summed E-state index contributed by atoms with van der Waals surface area (Å²) < 4.78 is 5.42. The van der Waals surface area contributed by atoms with Crippen molar-refractivity contribution in [1.82, 2.24) is 4.90 Å². The van der Waals surface area contributed by atoms with Crippen molar-refractivity contribution in [3.63, 3.8) is 0 Å². The average Bonchev–Trinajstić information content (AvgIpc) is 2.76. The van der Waals surface area contributed by atoms with Gasteiger partial charge in [0, 0.05) is 35.7 Å². The molecule has 2 rings (SSSR count). The van der Waals surface area contributed by atoms with E-state index in [0.717, 1.165) is 23.1 Å². The molecular formula is C32H47NO3. The molecule has 4 heteroatoms. The van der Waals surface area contributed by atoms with Gasteiger partial charge in [-0.1, -0.05) is 77.8 Å². The summed E-state index contributed by atoms with van der Waals surface area (Å²) in [5.41, 5.74) is 4.28. The number of Topliss-reactive ketones (excluding diaryl/α,β-unsaturated/α-hetero) is 1. The monoisotopic (exact) mass is 493 g/mol. The zero-order valence-corrected chi connectivity index (χ0v) is 24.4. The summed E-state index contributed by atoms with van der Waals surface area (Å²) in [5, 5.41) is 0. The Morgan fingerprint density at radius 2 is 1.50 bits per heavy atom. The fourth-order valence-electron chi connectivity index (χ4n) is 4.79. The molecule has 2 aromatic rings. The lowest BCUT2D eigenvalue weighted by molar-refractivity contribution is 0.0389. The number of ether oxygens (including phenoxy) is 1. The molecule has 198 valence electrons. The van der Waals surface area contributed by atoms with E-state index in [4.69, 9.17) is 4.74 Å². The van der Waals surface area contributed by atoms with E-state index >= 15 is 0 Å². The Balaban J connectivity index is 2.48. The molecule has 0 aliphatic carbocycles. The number of amides is 1. The third-order valence-corrected chi connectivity index (χ3v) is 7.54. The summed E-state index contributed by atoms with van der Waals surface area (Å²) in [6.45, 7) is 21.9. The number of hydrogen-bond donors (Lipinski definition) is 0. The standard InChI is InChI=1S/C32H47NO3/c1-21-17-22(2)19-25(18-21)30(35)33(29(32(8,9)10)20-23(3)31(5,6)7)16-15-27(34)26-13-12-14-28(36-11)24(26)4/h12-14,17-19,23,29H,15-16,20H2,1-11H3. The smallest absolute Gasteiger partial charge is 0.254 e. The minimum Gasteiger partial charge on any atom is -0.496 e. The molecule has 0 N–H and O–H groups in total. The molecule has 0 fully saturated rings. The first kappa shape index (κ1) is 29.6. The summed E-state index contributed by atoms with van der Waals surface area (Å²) in [5.74, 6) is 1.13. The van der Waals surface area contributed by atoms with Crippen LogP contribution in [0.15, 0.2) is 36.4 Å². The first-order valence-corrected chi connectivity index (χ1v) is 13.1. The minimum atomic E-state index is -0.150. The van der Waals surface area contributed by atoms with E-state index in [-0.39, 0.29) is 35.0 Å². The molecule has 0 aliphatic rings. The van der Waals surface area contributed by atoms with Crippen LogP contribution in [0.25, 0.3) is 0 Å². The number of ketones is 1. The Bertz CT molecular complexity index is 1050. The van der Waals surface area contributed by atoms with Gasteiger partial charge in [-0.2, -0.15) is 0 Å². The van der Waals surface area contributed by atoms with Gasteiger partial charge in [0.1, 0.15) is 5.75 Å². The molecule has 0 aromatic heterocycles. The van der Waals surface area contributed by atoms with Crippen molar-refractivity contribution in [2.24, 2.45) is 16.7 Å². The second kappa shape index (κ2) is 11.6. The van der Waals surface area contributed by atoms with Crippen molar-refractivity contribution in [3.05, 3.63) is 64.2 Å². The number of hydrogen-bond acceptors (Lipinski definition) is 3. The lowest BCUT2D eigenvalue weighted by Crippen LogP contribution is -2.49. The van der Waals surface area contributed by atoms with E-state index < -0.39 is 0 Å². The Morgan fingerprint density at radius 3 is 2.00 bits per heavy atom. The Kier molecular flexibility index (Phi) is 9.56. The number of methoxy groups -OCH3 is 1. The van der Waals surface area contributed by atoms with Crippen molar-refractivity contribution >= 4 is 11.7 Å². The molecule has 0 radical (unpaired) electrons. The summed E-state index contributed by atoms with van der Waals surface area (Å²) >= 11 is 0. The molecule has 36 heavy (non-hydrogen) atoms. The van der Waals surface area contributed by atoms with E-state index in [1.165, 1.54) is 0 Å². The first-order valence-electron chi connectivity index (χ1n) is 13.1. The minimum absolute atomic E-state index is 0.00185. The van der Waals surface area contributed by atoms with Gasteiger partial charge in [-0.15, -0.1) is 0 Å². The number of benzene rings is 2. The third kappa shape index (κ3) is 7.44. The maximum Gasteiger partial charge on any atom is 0.254 e. The third-order valence-electron chi connectivity index (χ3n) is 7.54. The average molecular weight is 494 g/mol. The molecule has 0 bridgehead atoms. The van der Waals surface area contributed by atoms with Crippen LogP contribution in [-0.4, -0.2) is 36.3 Å². The van der Waals surface area contributed by atoms with Gasteiger partial charge >= 0.3 is 0 Å². The van der Waals surface area contributed by atoms with Crippen molar-refractivity contribution in [1.29, 1.82) is 0 Å². The molecule has 0 saturated heterocycles. The van der Waals surface area contributed by atoms with Crippen LogP contribution < -0.4 is 4.74 Å². The lowest BCUT2D eigenvalue weighted by Gasteiger charge is -2.44. The van der Waals surface area contributed by atoms with Crippen LogP contribution in [0.5, 0.6) is 5.75 Å². The van der Waals surface area contributed by atoms with Crippen LogP contribution in [0.3, 0.4) is 0 Å². The zero-order valence-electron chi connectivity index (χ0n) is 24.4. The fraction of sp³-hybridized carbons (Fsp3) is 0.562. The number of aryl methyl sites for hydroxylation is 2. The number of carbonyl (C=O) groups excluding carboxylic acids is 2. The SMILES string of the molecule is COc1cccc(C(=O)CCN(C(=O)c2cc(C)cc(C)c2)C(CC(C)C(C)(C)C)C(C)(C)C)c1C. The van der Waals surface area contributed by atoms with E-state index in [1.807, 2.05) is 56.0 Å². The normalized spacial score (nSPS) is 13.8. The summed E-state index contributed by atoms with van der Waals surface area (Å²) in [6.07, 6.45) is 1.14. The highest BCUT2D eigenvalue weighted by molar-refractivity contribution is 5.99. The van der Waals surface area contributed by atoms with E-state index in [0.29, 0.717) is 29.3 Å². The first-order chi connectivity index (χ1) is 16.6. The zero-order chi connectivity index (χ0) is 27.4. The van der Waals surface area contributed by atoms with E-state index in [9.17, 15) is 9.59 Å². The van der Waals surface area contributed by atoms with E-state index in [2.05, 4.69) is 54.5 Å². The summed E-state index contributed by atoms with van der Waals surface area (Å²) in [7, 11) is 1.62. The molecule has 2 atom stereocenters. The molecule has 0 saturated carbocycles. The highest BCUT2D eigenvalue weighted by Gasteiger charge is 2.37. The lowest BCUT2D eigenvalue weighted by atomic mass is 9.73. The van der Waals surface area contributed by atoms with Gasteiger partial charge in [0.2, 0.25) is 0 Å². The van der Waals surface area contributed by atoms with Crippen LogP contribution in [0.4, 0.5) is 0 Å². The van der Waals surface area contributed by atoms with Crippen LogP contribution >= 0.6 is 0 Å². The number of carbonyl (C=O) groups is 2. The highest BCUT2D eigenvalue weighted by Crippen LogP contribution is 2.37. The molecule has 2 unspecified atom stereocenters. The van der Waals surface area contributed by atoms with Crippen molar-refractivity contribution in [3.8, 4) is 5.75 Å². The fourth-order valence-corrected chi connectivity index (χ4v) is 4.79. The number of rotatable bonds is 9. The van der Waals surface area contributed by atoms with Crippen molar-refractivity contribution in [2.75, 3.05) is 13.7 Å². The van der Waals surface area contributed by atoms with Crippen molar-refractivity contribution < 1.29 is 14.3 Å².